The predicted molar refractivity (Wildman–Crippen MR) is 144 cm³/mol. The molecule has 0 fully saturated rings. The van der Waals surface area contributed by atoms with Crippen molar-refractivity contribution in [3.05, 3.63) is 52.0 Å². The van der Waals surface area contributed by atoms with Crippen LogP contribution < -0.4 is 19.1 Å². The van der Waals surface area contributed by atoms with Gasteiger partial charge in [-0.1, -0.05) is 36.2 Å². The number of likely N-dealkylation sites (N-methyl/N-ethyl adjacent to an activating group) is 1. The summed E-state index contributed by atoms with van der Waals surface area (Å²) in [5.74, 6) is -0.239. The van der Waals surface area contributed by atoms with Crippen molar-refractivity contribution in [1.82, 2.24) is 10.2 Å². The summed E-state index contributed by atoms with van der Waals surface area (Å²) in [6.45, 7) is 5.64. The number of benzene rings is 2. The average molecular weight is 573 g/mol. The molecule has 1 aliphatic heterocycles. The van der Waals surface area contributed by atoms with Crippen molar-refractivity contribution in [1.29, 1.82) is 0 Å². The van der Waals surface area contributed by atoms with Crippen LogP contribution >= 0.6 is 23.2 Å². The van der Waals surface area contributed by atoms with Crippen LogP contribution in [0.25, 0.3) is 0 Å². The molecule has 0 spiro atoms. The van der Waals surface area contributed by atoms with Gasteiger partial charge in [0.25, 0.3) is 0 Å². The third-order valence-electron chi connectivity index (χ3n) is 5.89. The monoisotopic (exact) mass is 571 g/mol. The Morgan fingerprint density at radius 2 is 1.73 bits per heavy atom. The molecule has 12 heteroatoms. The van der Waals surface area contributed by atoms with Gasteiger partial charge in [-0.2, -0.15) is 0 Å². The molecular formula is C25H31Cl2N3O6S. The van der Waals surface area contributed by atoms with Crippen molar-refractivity contribution in [3.63, 3.8) is 0 Å². The number of sulfonamides is 1. The Kier molecular flexibility index (Phi) is 9.92. The number of nitrogens with one attached hydrogen (secondary N) is 1. The van der Waals surface area contributed by atoms with Crippen molar-refractivity contribution >= 4 is 50.7 Å². The molecule has 9 nitrogen and oxygen atoms in total. The predicted octanol–water partition coefficient (Wildman–Crippen LogP) is 3.86. The maximum absolute atomic E-state index is 13.8. The summed E-state index contributed by atoms with van der Waals surface area (Å²) < 4.78 is 38.4. The molecule has 2 aromatic carbocycles. The first-order chi connectivity index (χ1) is 17.6. The minimum atomic E-state index is -3.87. The summed E-state index contributed by atoms with van der Waals surface area (Å²) >= 11 is 12.4. The molecule has 0 saturated carbocycles. The van der Waals surface area contributed by atoms with Gasteiger partial charge in [-0.25, -0.2) is 8.42 Å². The van der Waals surface area contributed by atoms with E-state index in [1.165, 1.54) is 17.9 Å². The van der Waals surface area contributed by atoms with E-state index in [1.54, 1.807) is 44.2 Å². The Balaban J connectivity index is 2.00. The molecule has 1 unspecified atom stereocenters. The fourth-order valence-electron chi connectivity index (χ4n) is 3.95. The Labute approximate surface area is 227 Å². The van der Waals surface area contributed by atoms with Crippen LogP contribution in [0.2, 0.25) is 10.0 Å². The van der Waals surface area contributed by atoms with Crippen molar-refractivity contribution < 1.29 is 27.5 Å². The van der Waals surface area contributed by atoms with Gasteiger partial charge >= 0.3 is 0 Å². The Bertz CT molecular complexity index is 1240. The molecule has 0 radical (unpaired) electrons. The lowest BCUT2D eigenvalue weighted by atomic mass is 10.1. The lowest BCUT2D eigenvalue weighted by molar-refractivity contribution is -0.140. The molecule has 1 atom stereocenters. The minimum Gasteiger partial charge on any atom is -0.486 e. The van der Waals surface area contributed by atoms with E-state index in [-0.39, 0.29) is 23.9 Å². The van der Waals surface area contributed by atoms with Crippen LogP contribution in [0, 0.1) is 0 Å². The molecular weight excluding hydrogens is 541 g/mol. The molecule has 2 amide bonds. The van der Waals surface area contributed by atoms with Crippen molar-refractivity contribution in [2.75, 3.05) is 36.4 Å². The maximum Gasteiger partial charge on any atom is 0.244 e. The Morgan fingerprint density at radius 3 is 2.35 bits per heavy atom. The summed E-state index contributed by atoms with van der Waals surface area (Å²) in [6.07, 6.45) is 0.313. The van der Waals surface area contributed by atoms with Crippen LogP contribution in [0.4, 0.5) is 5.69 Å². The number of anilines is 1. The number of carbonyl (C=O) groups is 2. The highest BCUT2D eigenvalue weighted by molar-refractivity contribution is 7.92. The number of carbonyl (C=O) groups excluding carboxylic acids is 2. The smallest absolute Gasteiger partial charge is 0.244 e. The third-order valence-corrected chi connectivity index (χ3v) is 8.21. The topological polar surface area (TPSA) is 105 Å². The fourth-order valence-corrected chi connectivity index (χ4v) is 5.47. The average Bonchev–Trinajstić information content (AvgIpc) is 2.88. The second-order valence-electron chi connectivity index (χ2n) is 8.31. The summed E-state index contributed by atoms with van der Waals surface area (Å²) in [5, 5.41) is 3.52. The highest BCUT2D eigenvalue weighted by atomic mass is 35.5. The van der Waals surface area contributed by atoms with Crippen LogP contribution in [0.15, 0.2) is 36.4 Å². The molecule has 3 rings (SSSR count). The summed E-state index contributed by atoms with van der Waals surface area (Å²) in [5.41, 5.74) is 0.835. The number of nitrogens with zero attached hydrogens (tertiary/aromatic N) is 2. The van der Waals surface area contributed by atoms with E-state index < -0.39 is 28.5 Å². The van der Waals surface area contributed by atoms with Crippen molar-refractivity contribution in [3.8, 4) is 11.5 Å². The van der Waals surface area contributed by atoms with Gasteiger partial charge in [0, 0.05) is 29.2 Å². The van der Waals surface area contributed by atoms with Gasteiger partial charge in [-0.15, -0.1) is 0 Å². The molecule has 1 N–H and O–H groups in total. The number of hydrogen-bond acceptors (Lipinski definition) is 6. The molecule has 0 saturated heterocycles. The number of ether oxygens (including phenoxy) is 2. The van der Waals surface area contributed by atoms with Crippen LogP contribution in [0.5, 0.6) is 11.5 Å². The van der Waals surface area contributed by atoms with Crippen molar-refractivity contribution in [2.45, 2.75) is 39.8 Å². The van der Waals surface area contributed by atoms with E-state index in [2.05, 4.69) is 5.32 Å². The first kappa shape index (κ1) is 28.9. The Morgan fingerprint density at radius 1 is 1.03 bits per heavy atom. The molecule has 37 heavy (non-hydrogen) atoms. The van der Waals surface area contributed by atoms with Gasteiger partial charge in [0.15, 0.2) is 11.5 Å². The molecule has 202 valence electrons. The number of halogens is 2. The molecule has 0 bridgehead atoms. The zero-order valence-corrected chi connectivity index (χ0v) is 23.3. The molecule has 1 heterocycles. The largest absolute Gasteiger partial charge is 0.486 e. The van der Waals surface area contributed by atoms with E-state index >= 15 is 0 Å². The number of rotatable bonds is 11. The Hall–Kier alpha value is -2.69. The normalized spacial score (nSPS) is 13.5. The first-order valence-electron chi connectivity index (χ1n) is 12.0. The molecule has 1 aliphatic rings. The van der Waals surface area contributed by atoms with Crippen LogP contribution in [-0.2, 0) is 26.2 Å². The first-order valence-corrected chi connectivity index (χ1v) is 14.4. The minimum absolute atomic E-state index is 0.00831. The van der Waals surface area contributed by atoms with Crippen LogP contribution in [0.1, 0.15) is 32.8 Å². The molecule has 0 aromatic heterocycles. The van der Waals surface area contributed by atoms with Crippen LogP contribution in [0.3, 0.4) is 0 Å². The molecule has 2 aromatic rings. The lowest BCUT2D eigenvalue weighted by Crippen LogP contribution is -2.52. The van der Waals surface area contributed by atoms with E-state index in [1.807, 2.05) is 0 Å². The number of hydrogen-bond donors (Lipinski definition) is 1. The zero-order chi connectivity index (χ0) is 27.2. The third kappa shape index (κ3) is 7.00. The van der Waals surface area contributed by atoms with Gasteiger partial charge in [0.05, 0.1) is 11.4 Å². The number of amides is 2. The second kappa shape index (κ2) is 12.7. The summed E-state index contributed by atoms with van der Waals surface area (Å²) in [4.78, 5) is 28.0. The van der Waals surface area contributed by atoms with Crippen LogP contribution in [-0.4, -0.2) is 63.2 Å². The maximum atomic E-state index is 13.8. The van der Waals surface area contributed by atoms with Gasteiger partial charge < -0.3 is 19.7 Å². The van der Waals surface area contributed by atoms with Gasteiger partial charge in [0.1, 0.15) is 25.8 Å². The van der Waals surface area contributed by atoms with E-state index in [9.17, 15) is 18.0 Å². The summed E-state index contributed by atoms with van der Waals surface area (Å²) in [6, 6.07) is 8.74. The van der Waals surface area contributed by atoms with Gasteiger partial charge in [-0.05, 0) is 50.1 Å². The van der Waals surface area contributed by atoms with Gasteiger partial charge in [-0.3, -0.25) is 13.9 Å². The highest BCUT2D eigenvalue weighted by Gasteiger charge is 2.33. The summed E-state index contributed by atoms with van der Waals surface area (Å²) in [7, 11) is -3.87. The standard InChI is InChI=1S/C25H31Cl2N3O6S/c1-4-21(25(32)28-5-2)29(15-17-7-8-18(26)13-20(17)27)24(31)16-30(37(33,34)6-3)19-9-10-22-23(14-19)36-12-11-35-22/h7-10,13-14,21H,4-6,11-12,15-16H2,1-3H3,(H,28,32). The highest BCUT2D eigenvalue weighted by Crippen LogP contribution is 2.35. The SMILES string of the molecule is CCNC(=O)C(CC)N(Cc1ccc(Cl)cc1Cl)C(=O)CN(c1ccc2c(c1)OCCO2)S(=O)(=O)CC. The van der Waals surface area contributed by atoms with E-state index in [0.29, 0.717) is 53.3 Å². The lowest BCUT2D eigenvalue weighted by Gasteiger charge is -2.33. The van der Waals surface area contributed by atoms with Crippen molar-refractivity contribution in [2.24, 2.45) is 0 Å². The zero-order valence-electron chi connectivity index (χ0n) is 21.0. The van der Waals surface area contributed by atoms with E-state index in [4.69, 9.17) is 32.7 Å². The quantitative estimate of drug-likeness (QED) is 0.439. The fraction of sp³-hybridized carbons (Fsp3) is 0.440. The second-order valence-corrected chi connectivity index (χ2v) is 11.3. The number of fused-ring (bicyclic) bond motifs is 1. The molecule has 0 aliphatic carbocycles. The van der Waals surface area contributed by atoms with Gasteiger partial charge in [0.2, 0.25) is 21.8 Å². The van der Waals surface area contributed by atoms with E-state index in [0.717, 1.165) is 4.31 Å².